The maximum atomic E-state index is 10.2. The standard InChI is InChI=1S/C15H13N3O2/c19-14(12-4-2-1-3-5-12)15-17-13(18-20-15)10-11-6-8-16-9-7-11/h1-9,14,19H,10H2. The van der Waals surface area contributed by atoms with Gasteiger partial charge in [0.05, 0.1) is 0 Å². The van der Waals surface area contributed by atoms with Crippen molar-refractivity contribution in [3.8, 4) is 0 Å². The summed E-state index contributed by atoms with van der Waals surface area (Å²) in [6.07, 6.45) is 3.09. The van der Waals surface area contributed by atoms with Crippen LogP contribution in [-0.4, -0.2) is 20.2 Å². The second-order valence-corrected chi connectivity index (χ2v) is 4.39. The summed E-state index contributed by atoms with van der Waals surface area (Å²) in [5, 5.41) is 14.1. The number of aromatic nitrogens is 3. The number of hydrogen-bond donors (Lipinski definition) is 1. The molecular formula is C15H13N3O2. The van der Waals surface area contributed by atoms with Gasteiger partial charge in [0.1, 0.15) is 0 Å². The highest BCUT2D eigenvalue weighted by molar-refractivity contribution is 5.22. The van der Waals surface area contributed by atoms with Gasteiger partial charge in [-0.05, 0) is 23.3 Å². The predicted molar refractivity (Wildman–Crippen MR) is 71.8 cm³/mol. The summed E-state index contributed by atoms with van der Waals surface area (Å²) < 4.78 is 5.13. The zero-order chi connectivity index (χ0) is 13.8. The van der Waals surface area contributed by atoms with Crippen LogP contribution in [0.5, 0.6) is 0 Å². The first-order chi connectivity index (χ1) is 9.83. The molecule has 0 saturated carbocycles. The summed E-state index contributed by atoms with van der Waals surface area (Å²) in [7, 11) is 0. The molecule has 0 aliphatic heterocycles. The SMILES string of the molecule is OC(c1ccccc1)c1nc(Cc2ccncc2)no1. The predicted octanol–water partition coefficient (Wildman–Crippen LogP) is 2.14. The lowest BCUT2D eigenvalue weighted by molar-refractivity contribution is 0.170. The minimum Gasteiger partial charge on any atom is -0.378 e. The highest BCUT2D eigenvalue weighted by Crippen LogP contribution is 2.20. The van der Waals surface area contributed by atoms with Crippen molar-refractivity contribution in [3.05, 3.63) is 77.7 Å². The molecule has 1 N–H and O–H groups in total. The molecule has 3 aromatic rings. The van der Waals surface area contributed by atoms with Crippen molar-refractivity contribution in [2.45, 2.75) is 12.5 Å². The Hall–Kier alpha value is -2.53. The maximum Gasteiger partial charge on any atom is 0.260 e. The summed E-state index contributed by atoms with van der Waals surface area (Å²) in [5.74, 6) is 0.751. The van der Waals surface area contributed by atoms with E-state index in [4.69, 9.17) is 4.52 Å². The van der Waals surface area contributed by atoms with E-state index in [0.29, 0.717) is 12.2 Å². The van der Waals surface area contributed by atoms with E-state index in [0.717, 1.165) is 11.1 Å². The lowest BCUT2D eigenvalue weighted by atomic mass is 10.1. The van der Waals surface area contributed by atoms with Crippen molar-refractivity contribution >= 4 is 0 Å². The van der Waals surface area contributed by atoms with Crippen LogP contribution in [0.1, 0.15) is 28.9 Å². The number of rotatable bonds is 4. The summed E-state index contributed by atoms with van der Waals surface area (Å²) >= 11 is 0. The third-order valence-corrected chi connectivity index (χ3v) is 2.94. The number of hydrogen-bond acceptors (Lipinski definition) is 5. The third kappa shape index (κ3) is 2.73. The van der Waals surface area contributed by atoms with Gasteiger partial charge in [-0.2, -0.15) is 4.98 Å². The van der Waals surface area contributed by atoms with Crippen LogP contribution in [0.15, 0.2) is 59.4 Å². The first-order valence-corrected chi connectivity index (χ1v) is 6.27. The zero-order valence-electron chi connectivity index (χ0n) is 10.7. The van der Waals surface area contributed by atoms with Crippen LogP contribution in [0.2, 0.25) is 0 Å². The molecule has 5 nitrogen and oxygen atoms in total. The minimum absolute atomic E-state index is 0.209. The molecule has 0 fully saturated rings. The second kappa shape index (κ2) is 5.63. The fourth-order valence-corrected chi connectivity index (χ4v) is 1.91. The Morgan fingerprint density at radius 2 is 1.80 bits per heavy atom. The van der Waals surface area contributed by atoms with Crippen LogP contribution >= 0.6 is 0 Å². The normalized spacial score (nSPS) is 12.2. The fourth-order valence-electron chi connectivity index (χ4n) is 1.91. The molecule has 0 radical (unpaired) electrons. The Kier molecular flexibility index (Phi) is 3.52. The van der Waals surface area contributed by atoms with Crippen molar-refractivity contribution in [2.75, 3.05) is 0 Å². The second-order valence-electron chi connectivity index (χ2n) is 4.39. The van der Waals surface area contributed by atoms with Gasteiger partial charge in [-0.1, -0.05) is 35.5 Å². The van der Waals surface area contributed by atoms with E-state index in [1.807, 2.05) is 42.5 Å². The molecule has 5 heteroatoms. The number of nitrogens with zero attached hydrogens (tertiary/aromatic N) is 3. The number of pyridine rings is 1. The molecule has 0 bridgehead atoms. The maximum absolute atomic E-state index is 10.2. The van der Waals surface area contributed by atoms with Crippen LogP contribution in [0.3, 0.4) is 0 Å². The molecule has 2 aromatic heterocycles. The number of aliphatic hydroxyl groups excluding tert-OH is 1. The Balaban J connectivity index is 1.77. The zero-order valence-corrected chi connectivity index (χ0v) is 10.7. The van der Waals surface area contributed by atoms with E-state index >= 15 is 0 Å². The Labute approximate surface area is 115 Å². The van der Waals surface area contributed by atoms with E-state index < -0.39 is 6.10 Å². The molecule has 0 aliphatic rings. The quantitative estimate of drug-likeness (QED) is 0.784. The average molecular weight is 267 g/mol. The van der Waals surface area contributed by atoms with Gasteiger partial charge in [0.2, 0.25) is 0 Å². The van der Waals surface area contributed by atoms with Gasteiger partial charge < -0.3 is 9.63 Å². The smallest absolute Gasteiger partial charge is 0.260 e. The van der Waals surface area contributed by atoms with Crippen LogP contribution in [0, 0.1) is 0 Å². The molecule has 0 spiro atoms. The largest absolute Gasteiger partial charge is 0.378 e. The lowest BCUT2D eigenvalue weighted by Gasteiger charge is -2.04. The van der Waals surface area contributed by atoms with Gasteiger partial charge in [0.25, 0.3) is 5.89 Å². The van der Waals surface area contributed by atoms with E-state index in [1.54, 1.807) is 12.4 Å². The fraction of sp³-hybridized carbons (Fsp3) is 0.133. The molecule has 1 atom stereocenters. The van der Waals surface area contributed by atoms with Gasteiger partial charge in [-0.25, -0.2) is 0 Å². The Morgan fingerprint density at radius 1 is 1.05 bits per heavy atom. The summed E-state index contributed by atoms with van der Waals surface area (Å²) in [6.45, 7) is 0. The summed E-state index contributed by atoms with van der Waals surface area (Å²) in [4.78, 5) is 8.19. The molecule has 20 heavy (non-hydrogen) atoms. The van der Waals surface area contributed by atoms with E-state index in [1.165, 1.54) is 0 Å². The molecule has 0 amide bonds. The Morgan fingerprint density at radius 3 is 2.55 bits per heavy atom. The van der Waals surface area contributed by atoms with Crippen molar-refractivity contribution in [1.82, 2.24) is 15.1 Å². The molecule has 1 aromatic carbocycles. The van der Waals surface area contributed by atoms with Gasteiger partial charge in [0.15, 0.2) is 11.9 Å². The van der Waals surface area contributed by atoms with Gasteiger partial charge in [-0.3, -0.25) is 4.98 Å². The Bertz CT molecular complexity index is 668. The molecule has 0 saturated heterocycles. The van der Waals surface area contributed by atoms with E-state index in [2.05, 4.69) is 15.1 Å². The highest BCUT2D eigenvalue weighted by atomic mass is 16.5. The molecule has 0 aliphatic carbocycles. The topological polar surface area (TPSA) is 72.0 Å². The van der Waals surface area contributed by atoms with Gasteiger partial charge in [0, 0.05) is 18.8 Å². The minimum atomic E-state index is -0.894. The number of aliphatic hydroxyl groups is 1. The first kappa shape index (κ1) is 12.5. The van der Waals surface area contributed by atoms with Crippen molar-refractivity contribution < 1.29 is 9.63 Å². The lowest BCUT2D eigenvalue weighted by Crippen LogP contribution is -2.00. The van der Waals surface area contributed by atoms with E-state index in [9.17, 15) is 5.11 Å². The first-order valence-electron chi connectivity index (χ1n) is 6.27. The molecule has 3 rings (SSSR count). The average Bonchev–Trinajstić information content (AvgIpc) is 2.97. The molecule has 1 unspecified atom stereocenters. The molecule has 2 heterocycles. The molecular weight excluding hydrogens is 254 g/mol. The van der Waals surface area contributed by atoms with Gasteiger partial charge >= 0.3 is 0 Å². The van der Waals surface area contributed by atoms with Crippen molar-refractivity contribution in [3.63, 3.8) is 0 Å². The van der Waals surface area contributed by atoms with Crippen molar-refractivity contribution in [1.29, 1.82) is 0 Å². The van der Waals surface area contributed by atoms with Crippen LogP contribution < -0.4 is 0 Å². The molecule has 100 valence electrons. The summed E-state index contributed by atoms with van der Waals surface area (Å²) in [5.41, 5.74) is 1.77. The van der Waals surface area contributed by atoms with Crippen LogP contribution in [-0.2, 0) is 6.42 Å². The van der Waals surface area contributed by atoms with Crippen LogP contribution in [0.4, 0.5) is 0 Å². The van der Waals surface area contributed by atoms with Crippen molar-refractivity contribution in [2.24, 2.45) is 0 Å². The highest BCUT2D eigenvalue weighted by Gasteiger charge is 2.17. The number of benzene rings is 1. The van der Waals surface area contributed by atoms with E-state index in [-0.39, 0.29) is 5.89 Å². The monoisotopic (exact) mass is 267 g/mol. The van der Waals surface area contributed by atoms with Gasteiger partial charge in [-0.15, -0.1) is 0 Å². The third-order valence-electron chi connectivity index (χ3n) is 2.94. The van der Waals surface area contributed by atoms with Crippen LogP contribution in [0.25, 0.3) is 0 Å². The summed E-state index contributed by atoms with van der Waals surface area (Å²) in [6, 6.07) is 13.0.